The standard InChI is InChI=1S/C17H16N4O/c18-11-13-4-3-5-14(10-13)20-15-6-7-16(19-12-15)17(22)21-8-1-2-9-21/h3-7,10,12,20H,1-2,8-9H2. The number of nitrogens with zero attached hydrogens (tertiary/aromatic N) is 3. The summed E-state index contributed by atoms with van der Waals surface area (Å²) in [4.78, 5) is 18.3. The lowest BCUT2D eigenvalue weighted by Crippen LogP contribution is -2.28. The van der Waals surface area contributed by atoms with Crippen molar-refractivity contribution >= 4 is 17.3 Å². The van der Waals surface area contributed by atoms with E-state index in [1.54, 1.807) is 24.4 Å². The SMILES string of the molecule is N#Cc1cccc(Nc2ccc(C(=O)N3CCCC3)nc2)c1. The highest BCUT2D eigenvalue weighted by Gasteiger charge is 2.20. The number of anilines is 2. The van der Waals surface area contributed by atoms with Crippen molar-refractivity contribution in [2.75, 3.05) is 18.4 Å². The summed E-state index contributed by atoms with van der Waals surface area (Å²) in [5.74, 6) is -0.00414. The topological polar surface area (TPSA) is 69.0 Å². The number of amides is 1. The fourth-order valence-corrected chi connectivity index (χ4v) is 2.51. The second-order valence-corrected chi connectivity index (χ2v) is 5.25. The number of likely N-dealkylation sites (tertiary alicyclic amines) is 1. The number of nitrogens with one attached hydrogen (secondary N) is 1. The molecule has 5 heteroatoms. The Hall–Kier alpha value is -2.87. The van der Waals surface area contributed by atoms with Crippen LogP contribution in [-0.2, 0) is 0 Å². The van der Waals surface area contributed by atoms with Gasteiger partial charge in [0.1, 0.15) is 5.69 Å². The molecule has 1 saturated heterocycles. The first-order valence-electron chi connectivity index (χ1n) is 7.29. The summed E-state index contributed by atoms with van der Waals surface area (Å²) >= 11 is 0. The van der Waals surface area contributed by atoms with Crippen LogP contribution in [0.1, 0.15) is 28.9 Å². The Labute approximate surface area is 129 Å². The molecule has 1 amide bonds. The molecule has 1 N–H and O–H groups in total. The van der Waals surface area contributed by atoms with Gasteiger partial charge in [0.05, 0.1) is 23.5 Å². The van der Waals surface area contributed by atoms with Crippen molar-refractivity contribution < 1.29 is 4.79 Å². The summed E-state index contributed by atoms with van der Waals surface area (Å²) in [6, 6.07) is 12.9. The third-order valence-electron chi connectivity index (χ3n) is 3.66. The Balaban J connectivity index is 1.71. The minimum Gasteiger partial charge on any atom is -0.354 e. The van der Waals surface area contributed by atoms with Crippen LogP contribution in [0.25, 0.3) is 0 Å². The number of benzene rings is 1. The Kier molecular flexibility index (Phi) is 4.01. The maximum absolute atomic E-state index is 12.2. The van der Waals surface area contributed by atoms with Gasteiger partial charge in [-0.15, -0.1) is 0 Å². The van der Waals surface area contributed by atoms with E-state index in [1.807, 2.05) is 23.1 Å². The van der Waals surface area contributed by atoms with E-state index in [4.69, 9.17) is 5.26 Å². The van der Waals surface area contributed by atoms with E-state index in [-0.39, 0.29) is 5.91 Å². The van der Waals surface area contributed by atoms with Crippen molar-refractivity contribution in [2.24, 2.45) is 0 Å². The number of nitriles is 1. The summed E-state index contributed by atoms with van der Waals surface area (Å²) in [6.45, 7) is 1.64. The largest absolute Gasteiger partial charge is 0.354 e. The smallest absolute Gasteiger partial charge is 0.272 e. The lowest BCUT2D eigenvalue weighted by Gasteiger charge is -2.14. The molecule has 0 aliphatic carbocycles. The van der Waals surface area contributed by atoms with Crippen molar-refractivity contribution in [3.63, 3.8) is 0 Å². The number of rotatable bonds is 3. The van der Waals surface area contributed by atoms with Crippen LogP contribution >= 0.6 is 0 Å². The van der Waals surface area contributed by atoms with Gasteiger partial charge in [-0.05, 0) is 43.2 Å². The molecule has 3 rings (SSSR count). The zero-order valence-electron chi connectivity index (χ0n) is 12.1. The zero-order valence-corrected chi connectivity index (χ0v) is 12.1. The van der Waals surface area contributed by atoms with Gasteiger partial charge in [-0.3, -0.25) is 4.79 Å². The molecule has 110 valence electrons. The molecule has 2 heterocycles. The zero-order chi connectivity index (χ0) is 15.4. The summed E-state index contributed by atoms with van der Waals surface area (Å²) in [5.41, 5.74) is 2.67. The highest BCUT2D eigenvalue weighted by molar-refractivity contribution is 5.92. The first kappa shape index (κ1) is 14.1. The van der Waals surface area contributed by atoms with Crippen LogP contribution in [0.2, 0.25) is 0 Å². The summed E-state index contributed by atoms with van der Waals surface area (Å²) in [6.07, 6.45) is 3.78. The number of carbonyl (C=O) groups excluding carboxylic acids is 1. The molecule has 5 nitrogen and oxygen atoms in total. The van der Waals surface area contributed by atoms with Gasteiger partial charge in [0.15, 0.2) is 0 Å². The first-order chi connectivity index (χ1) is 10.8. The van der Waals surface area contributed by atoms with Gasteiger partial charge in [-0.25, -0.2) is 4.98 Å². The average molecular weight is 292 g/mol. The van der Waals surface area contributed by atoms with Gasteiger partial charge in [-0.2, -0.15) is 5.26 Å². The predicted octanol–water partition coefficient (Wildman–Crippen LogP) is 2.93. The molecule has 1 aromatic heterocycles. The lowest BCUT2D eigenvalue weighted by atomic mass is 10.2. The number of hydrogen-bond acceptors (Lipinski definition) is 4. The van der Waals surface area contributed by atoms with Crippen molar-refractivity contribution in [1.82, 2.24) is 9.88 Å². The number of aromatic nitrogens is 1. The molecule has 2 aromatic rings. The normalized spacial score (nSPS) is 13.7. The van der Waals surface area contributed by atoms with Crippen molar-refractivity contribution in [2.45, 2.75) is 12.8 Å². The van der Waals surface area contributed by atoms with Gasteiger partial charge < -0.3 is 10.2 Å². The molecule has 0 bridgehead atoms. The number of carbonyl (C=O) groups is 1. The first-order valence-corrected chi connectivity index (χ1v) is 7.29. The van der Waals surface area contributed by atoms with Crippen LogP contribution in [0, 0.1) is 11.3 Å². The second kappa shape index (κ2) is 6.27. The molecule has 0 spiro atoms. The average Bonchev–Trinajstić information content (AvgIpc) is 3.09. The molecule has 1 aromatic carbocycles. The fraction of sp³-hybridized carbons (Fsp3) is 0.235. The quantitative estimate of drug-likeness (QED) is 0.944. The van der Waals surface area contributed by atoms with E-state index in [2.05, 4.69) is 16.4 Å². The van der Waals surface area contributed by atoms with E-state index in [0.717, 1.165) is 37.3 Å². The van der Waals surface area contributed by atoms with Crippen LogP contribution in [0.4, 0.5) is 11.4 Å². The molecule has 1 fully saturated rings. The van der Waals surface area contributed by atoms with E-state index in [0.29, 0.717) is 11.3 Å². The third-order valence-corrected chi connectivity index (χ3v) is 3.66. The molecule has 1 aliphatic heterocycles. The Morgan fingerprint density at radius 3 is 2.68 bits per heavy atom. The molecule has 0 atom stereocenters. The monoisotopic (exact) mass is 292 g/mol. The second-order valence-electron chi connectivity index (χ2n) is 5.25. The highest BCUT2D eigenvalue weighted by Crippen LogP contribution is 2.18. The Morgan fingerprint density at radius 1 is 1.18 bits per heavy atom. The van der Waals surface area contributed by atoms with Crippen LogP contribution in [-0.4, -0.2) is 28.9 Å². The molecule has 1 aliphatic rings. The Bertz CT molecular complexity index is 712. The van der Waals surface area contributed by atoms with Gasteiger partial charge in [0, 0.05) is 18.8 Å². The maximum atomic E-state index is 12.2. The van der Waals surface area contributed by atoms with Gasteiger partial charge >= 0.3 is 0 Å². The van der Waals surface area contributed by atoms with E-state index in [1.165, 1.54) is 0 Å². The summed E-state index contributed by atoms with van der Waals surface area (Å²) < 4.78 is 0. The highest BCUT2D eigenvalue weighted by atomic mass is 16.2. The van der Waals surface area contributed by atoms with Crippen molar-refractivity contribution in [1.29, 1.82) is 5.26 Å². The van der Waals surface area contributed by atoms with Crippen LogP contribution in [0.15, 0.2) is 42.6 Å². The molecular weight excluding hydrogens is 276 g/mol. The Morgan fingerprint density at radius 2 is 2.00 bits per heavy atom. The fourth-order valence-electron chi connectivity index (χ4n) is 2.51. The van der Waals surface area contributed by atoms with E-state index in [9.17, 15) is 4.79 Å². The van der Waals surface area contributed by atoms with Crippen LogP contribution in [0.3, 0.4) is 0 Å². The summed E-state index contributed by atoms with van der Waals surface area (Å²) in [5, 5.41) is 12.1. The lowest BCUT2D eigenvalue weighted by molar-refractivity contribution is 0.0787. The van der Waals surface area contributed by atoms with Crippen LogP contribution < -0.4 is 5.32 Å². The molecule has 22 heavy (non-hydrogen) atoms. The van der Waals surface area contributed by atoms with E-state index < -0.39 is 0 Å². The minimum absolute atomic E-state index is 0.00414. The minimum atomic E-state index is -0.00414. The van der Waals surface area contributed by atoms with Gasteiger partial charge in [0.2, 0.25) is 0 Å². The molecule has 0 radical (unpaired) electrons. The molecular formula is C17H16N4O. The molecule has 0 unspecified atom stereocenters. The molecule has 0 saturated carbocycles. The van der Waals surface area contributed by atoms with Crippen LogP contribution in [0.5, 0.6) is 0 Å². The van der Waals surface area contributed by atoms with Crippen molar-refractivity contribution in [3.8, 4) is 6.07 Å². The number of pyridine rings is 1. The van der Waals surface area contributed by atoms with Gasteiger partial charge in [0.25, 0.3) is 5.91 Å². The van der Waals surface area contributed by atoms with Crippen molar-refractivity contribution in [3.05, 3.63) is 53.9 Å². The maximum Gasteiger partial charge on any atom is 0.272 e. The van der Waals surface area contributed by atoms with Gasteiger partial charge in [-0.1, -0.05) is 6.07 Å². The van der Waals surface area contributed by atoms with E-state index >= 15 is 0 Å². The number of hydrogen-bond donors (Lipinski definition) is 1. The third kappa shape index (κ3) is 3.07. The predicted molar refractivity (Wildman–Crippen MR) is 83.8 cm³/mol. The summed E-state index contributed by atoms with van der Waals surface area (Å²) in [7, 11) is 0.